The summed E-state index contributed by atoms with van der Waals surface area (Å²) in [4.78, 5) is 26.1. The summed E-state index contributed by atoms with van der Waals surface area (Å²) >= 11 is 7.70. The molecule has 0 bridgehead atoms. The first kappa shape index (κ1) is 17.5. The second-order valence-corrected chi connectivity index (χ2v) is 7.40. The second kappa shape index (κ2) is 7.02. The van der Waals surface area contributed by atoms with Crippen LogP contribution in [0.3, 0.4) is 0 Å². The Balaban J connectivity index is 1.61. The highest BCUT2D eigenvalue weighted by Crippen LogP contribution is 2.25. The number of anilines is 1. The number of halogens is 1. The normalized spacial score (nSPS) is 11.0. The van der Waals surface area contributed by atoms with Gasteiger partial charge in [0.25, 0.3) is 5.56 Å². The first-order valence-electron chi connectivity index (χ1n) is 8.20. The van der Waals surface area contributed by atoms with Crippen LogP contribution in [0.4, 0.5) is 5.69 Å². The molecule has 3 aromatic heterocycles. The molecule has 0 spiro atoms. The van der Waals surface area contributed by atoms with Crippen LogP contribution in [0, 0.1) is 6.92 Å². The highest BCUT2D eigenvalue weighted by Gasteiger charge is 2.13. The number of aryl methyl sites for hydroxylation is 1. The van der Waals surface area contributed by atoms with Crippen molar-refractivity contribution < 1.29 is 4.79 Å². The molecular formula is C19H15ClN4O2S. The molecule has 136 valence electrons. The zero-order chi connectivity index (χ0) is 19.0. The van der Waals surface area contributed by atoms with Gasteiger partial charge in [0.15, 0.2) is 0 Å². The van der Waals surface area contributed by atoms with Crippen LogP contribution in [0.25, 0.3) is 16.1 Å². The van der Waals surface area contributed by atoms with E-state index in [4.69, 9.17) is 11.6 Å². The molecule has 0 aliphatic carbocycles. The van der Waals surface area contributed by atoms with Gasteiger partial charge in [-0.3, -0.25) is 9.59 Å². The van der Waals surface area contributed by atoms with Gasteiger partial charge in [-0.25, -0.2) is 4.52 Å². The van der Waals surface area contributed by atoms with Crippen molar-refractivity contribution in [2.24, 2.45) is 0 Å². The molecule has 8 heteroatoms. The van der Waals surface area contributed by atoms with Crippen molar-refractivity contribution in [1.82, 2.24) is 14.2 Å². The molecule has 4 aromatic rings. The minimum absolute atomic E-state index is 0.112. The van der Waals surface area contributed by atoms with Crippen LogP contribution in [0.5, 0.6) is 0 Å². The number of nitrogens with zero attached hydrogens (tertiary/aromatic N) is 3. The fourth-order valence-electron chi connectivity index (χ4n) is 2.82. The molecule has 4 rings (SSSR count). The summed E-state index contributed by atoms with van der Waals surface area (Å²) in [6.45, 7) is 1.75. The summed E-state index contributed by atoms with van der Waals surface area (Å²) < 4.78 is 2.89. The van der Waals surface area contributed by atoms with Gasteiger partial charge in [0.2, 0.25) is 5.91 Å². The predicted octanol–water partition coefficient (Wildman–Crippen LogP) is 3.83. The lowest BCUT2D eigenvalue weighted by Gasteiger charge is -2.11. The van der Waals surface area contributed by atoms with Crippen molar-refractivity contribution in [3.63, 3.8) is 0 Å². The molecule has 0 unspecified atom stereocenters. The number of carbonyl (C=O) groups excluding carboxylic acids is 1. The van der Waals surface area contributed by atoms with Crippen LogP contribution in [-0.4, -0.2) is 20.1 Å². The molecule has 1 N–H and O–H groups in total. The van der Waals surface area contributed by atoms with Gasteiger partial charge in [0.1, 0.15) is 17.8 Å². The summed E-state index contributed by atoms with van der Waals surface area (Å²) in [6.07, 6.45) is 3.22. The minimum Gasteiger partial charge on any atom is -0.323 e. The number of hydrogen-bond donors (Lipinski definition) is 1. The lowest BCUT2D eigenvalue weighted by atomic mass is 10.2. The topological polar surface area (TPSA) is 68.4 Å². The van der Waals surface area contributed by atoms with Gasteiger partial charge < -0.3 is 9.88 Å². The van der Waals surface area contributed by atoms with Gasteiger partial charge in [-0.1, -0.05) is 29.8 Å². The van der Waals surface area contributed by atoms with Crippen LogP contribution in [-0.2, 0) is 11.3 Å². The largest absolute Gasteiger partial charge is 0.323 e. The third-order valence-electron chi connectivity index (χ3n) is 4.18. The molecule has 6 nitrogen and oxygen atoms in total. The Hall–Kier alpha value is -2.90. The maximum Gasteiger partial charge on any atom is 0.277 e. The van der Waals surface area contributed by atoms with E-state index in [1.807, 2.05) is 36.6 Å². The molecule has 27 heavy (non-hydrogen) atoms. The lowest BCUT2D eigenvalue weighted by Crippen LogP contribution is -2.28. The Bertz CT molecular complexity index is 1170. The number of hydrogen-bond acceptors (Lipinski definition) is 4. The van der Waals surface area contributed by atoms with Gasteiger partial charge in [0, 0.05) is 12.4 Å². The fraction of sp³-hybridized carbons (Fsp3) is 0.105. The number of para-hydroxylation sites is 1. The summed E-state index contributed by atoms with van der Waals surface area (Å²) in [5.74, 6) is -0.323. The van der Waals surface area contributed by atoms with Crippen LogP contribution < -0.4 is 10.9 Å². The fourth-order valence-corrected chi connectivity index (χ4v) is 3.77. The average Bonchev–Trinajstić information content (AvgIpc) is 3.30. The molecule has 0 atom stereocenters. The van der Waals surface area contributed by atoms with Gasteiger partial charge in [-0.2, -0.15) is 5.10 Å². The Labute approximate surface area is 163 Å². The third-order valence-corrected chi connectivity index (χ3v) is 5.38. The Morgan fingerprint density at radius 2 is 2.11 bits per heavy atom. The van der Waals surface area contributed by atoms with Crippen molar-refractivity contribution in [3.8, 4) is 10.6 Å². The predicted molar refractivity (Wildman–Crippen MR) is 108 cm³/mol. The number of aromatic nitrogens is 3. The smallest absolute Gasteiger partial charge is 0.277 e. The minimum atomic E-state index is -0.323. The molecule has 0 radical (unpaired) electrons. The van der Waals surface area contributed by atoms with Crippen LogP contribution in [0.1, 0.15) is 5.56 Å². The zero-order valence-corrected chi connectivity index (χ0v) is 15.9. The van der Waals surface area contributed by atoms with E-state index in [0.717, 1.165) is 16.1 Å². The summed E-state index contributed by atoms with van der Waals surface area (Å²) in [5, 5.41) is 9.62. The van der Waals surface area contributed by atoms with Crippen LogP contribution in [0.2, 0.25) is 5.02 Å². The Morgan fingerprint density at radius 1 is 1.26 bits per heavy atom. The zero-order valence-electron chi connectivity index (χ0n) is 14.3. The van der Waals surface area contributed by atoms with E-state index in [1.165, 1.54) is 9.08 Å². The second-order valence-electron chi connectivity index (χ2n) is 6.05. The number of thiophene rings is 1. The molecule has 1 aromatic carbocycles. The van der Waals surface area contributed by atoms with E-state index in [9.17, 15) is 9.59 Å². The third kappa shape index (κ3) is 3.39. The van der Waals surface area contributed by atoms with Gasteiger partial charge in [-0.05, 0) is 36.1 Å². The van der Waals surface area contributed by atoms with Crippen molar-refractivity contribution in [3.05, 3.63) is 75.1 Å². The number of amides is 1. The molecule has 0 fully saturated rings. The van der Waals surface area contributed by atoms with Gasteiger partial charge >= 0.3 is 0 Å². The molecule has 0 saturated heterocycles. The van der Waals surface area contributed by atoms with E-state index in [0.29, 0.717) is 16.2 Å². The van der Waals surface area contributed by atoms with Crippen molar-refractivity contribution in [2.45, 2.75) is 13.5 Å². The van der Waals surface area contributed by atoms with Crippen molar-refractivity contribution in [1.29, 1.82) is 0 Å². The summed E-state index contributed by atoms with van der Waals surface area (Å²) in [6, 6.07) is 11.0. The maximum absolute atomic E-state index is 12.7. The number of fused-ring (bicyclic) bond motifs is 1. The lowest BCUT2D eigenvalue weighted by molar-refractivity contribution is -0.116. The van der Waals surface area contributed by atoms with E-state index < -0.39 is 0 Å². The van der Waals surface area contributed by atoms with Gasteiger partial charge in [-0.15, -0.1) is 11.3 Å². The average molecular weight is 399 g/mol. The summed E-state index contributed by atoms with van der Waals surface area (Å²) in [7, 11) is 0. The molecule has 0 aliphatic rings. The van der Waals surface area contributed by atoms with Crippen LogP contribution >= 0.6 is 22.9 Å². The first-order valence-corrected chi connectivity index (χ1v) is 9.46. The summed E-state index contributed by atoms with van der Waals surface area (Å²) in [5.41, 5.74) is 2.29. The highest BCUT2D eigenvalue weighted by molar-refractivity contribution is 7.13. The number of carbonyl (C=O) groups is 1. The van der Waals surface area contributed by atoms with Gasteiger partial charge in [0.05, 0.1) is 15.6 Å². The first-order chi connectivity index (χ1) is 13.0. The molecule has 1 amide bonds. The van der Waals surface area contributed by atoms with E-state index in [-0.39, 0.29) is 18.0 Å². The van der Waals surface area contributed by atoms with E-state index in [1.54, 1.807) is 35.9 Å². The van der Waals surface area contributed by atoms with Crippen LogP contribution in [0.15, 0.2) is 59.0 Å². The number of benzene rings is 1. The van der Waals surface area contributed by atoms with Crippen molar-refractivity contribution in [2.75, 3.05) is 5.32 Å². The molecule has 0 saturated carbocycles. The Morgan fingerprint density at radius 3 is 2.85 bits per heavy atom. The monoisotopic (exact) mass is 398 g/mol. The number of nitrogens with one attached hydrogen (secondary N) is 1. The SMILES string of the molecule is Cc1cccc(Cl)c1NC(=O)Cn1ccn2nc(-c3cccs3)cc2c1=O. The highest BCUT2D eigenvalue weighted by atomic mass is 35.5. The van der Waals surface area contributed by atoms with E-state index in [2.05, 4.69) is 10.4 Å². The molecule has 0 aliphatic heterocycles. The maximum atomic E-state index is 12.7. The van der Waals surface area contributed by atoms with Crippen molar-refractivity contribution >= 4 is 40.0 Å². The standard InChI is InChI=1S/C19H15ClN4O2S/c1-12-4-2-5-13(20)18(12)21-17(25)11-23-7-8-24-15(19(23)26)10-14(22-24)16-6-3-9-27-16/h2-10H,11H2,1H3,(H,21,25). The Kier molecular flexibility index (Phi) is 4.55. The quantitative estimate of drug-likeness (QED) is 0.568. The van der Waals surface area contributed by atoms with E-state index >= 15 is 0 Å². The molecular weight excluding hydrogens is 384 g/mol. The number of rotatable bonds is 4. The molecule has 3 heterocycles.